The summed E-state index contributed by atoms with van der Waals surface area (Å²) in [5.41, 5.74) is 0. The second kappa shape index (κ2) is 34.8. The molecule has 1 rings (SSSR count). The third kappa shape index (κ3) is 35.6. The number of likely N-dealkylation sites (N-methyl/N-ethyl adjacent to an activating group) is 1. The molecule has 330 valence electrons. The van der Waals surface area contributed by atoms with Crippen LogP contribution in [0.15, 0.2) is 48.6 Å². The lowest BCUT2D eigenvalue weighted by Crippen LogP contribution is -2.37. The fourth-order valence-corrected chi connectivity index (χ4v) is 6.82. The largest absolute Gasteiger partial charge is 0.756 e. The lowest BCUT2D eigenvalue weighted by molar-refractivity contribution is -0.870. The van der Waals surface area contributed by atoms with Crippen LogP contribution in [0.4, 0.5) is 0 Å². The Morgan fingerprint density at radius 2 is 1.19 bits per heavy atom. The van der Waals surface area contributed by atoms with Crippen molar-refractivity contribution < 1.29 is 46.8 Å². The van der Waals surface area contributed by atoms with Crippen molar-refractivity contribution in [3.8, 4) is 0 Å². The number of hydrogen-bond acceptors (Lipinski definition) is 9. The van der Waals surface area contributed by atoms with Gasteiger partial charge in [-0.25, -0.2) is 0 Å². The molecule has 0 aromatic heterocycles. The number of rotatable bonds is 39. The zero-order valence-electron chi connectivity index (χ0n) is 36.7. The number of esters is 2. The van der Waals surface area contributed by atoms with Crippen LogP contribution in [0, 0.1) is 0 Å². The van der Waals surface area contributed by atoms with Gasteiger partial charge < -0.3 is 32.6 Å². The molecule has 0 spiro atoms. The Hall–Kier alpha value is -2.07. The van der Waals surface area contributed by atoms with Crippen molar-refractivity contribution in [1.29, 1.82) is 0 Å². The number of nitrogens with zero attached hydrogens (tertiary/aromatic N) is 1. The molecular weight excluding hydrogens is 741 g/mol. The molecule has 0 bridgehead atoms. The van der Waals surface area contributed by atoms with E-state index in [-0.39, 0.29) is 26.1 Å². The van der Waals surface area contributed by atoms with Crippen molar-refractivity contribution in [1.82, 2.24) is 0 Å². The van der Waals surface area contributed by atoms with Crippen LogP contribution in [0.5, 0.6) is 0 Å². The van der Waals surface area contributed by atoms with E-state index in [2.05, 4.69) is 56.4 Å². The monoisotopic (exact) mass is 824 g/mol. The number of quaternary nitrogens is 1. The van der Waals surface area contributed by atoms with E-state index in [1.807, 2.05) is 27.2 Å². The lowest BCUT2D eigenvalue weighted by atomic mass is 10.1. The Labute approximate surface area is 348 Å². The van der Waals surface area contributed by atoms with Gasteiger partial charge >= 0.3 is 11.9 Å². The summed E-state index contributed by atoms with van der Waals surface area (Å²) in [7, 11) is 1.11. The number of epoxide rings is 1. The molecule has 0 radical (unpaired) electrons. The molecule has 0 aromatic rings. The highest BCUT2D eigenvalue weighted by molar-refractivity contribution is 7.45. The number of allylic oxidation sites excluding steroid dienone is 7. The molecule has 0 N–H and O–H groups in total. The molecule has 11 heteroatoms. The molecule has 1 heterocycles. The topological polar surface area (TPSA) is 124 Å². The summed E-state index contributed by atoms with van der Waals surface area (Å²) in [5, 5.41) is 0. The average Bonchev–Trinajstić information content (AvgIpc) is 3.91. The number of carbonyl (C=O) groups excluding carboxylic acids is 2. The van der Waals surface area contributed by atoms with Gasteiger partial charge in [-0.1, -0.05) is 133 Å². The smallest absolute Gasteiger partial charge is 0.306 e. The van der Waals surface area contributed by atoms with Crippen LogP contribution in [0.1, 0.15) is 168 Å². The maximum atomic E-state index is 12.7. The summed E-state index contributed by atoms with van der Waals surface area (Å²) in [6, 6.07) is 0. The first-order chi connectivity index (χ1) is 27.5. The van der Waals surface area contributed by atoms with E-state index in [1.54, 1.807) is 0 Å². The van der Waals surface area contributed by atoms with Crippen molar-refractivity contribution in [2.45, 2.75) is 186 Å². The normalized spacial score (nSPS) is 17.6. The number of phosphoric ester groups is 1. The molecule has 1 aliphatic heterocycles. The summed E-state index contributed by atoms with van der Waals surface area (Å²) in [4.78, 5) is 37.5. The van der Waals surface area contributed by atoms with Gasteiger partial charge in [-0.2, -0.15) is 0 Å². The quantitative estimate of drug-likeness (QED) is 0.0149. The molecule has 1 aliphatic rings. The minimum absolute atomic E-state index is 0.0457. The molecular formula is C46H82NO9P. The van der Waals surface area contributed by atoms with Crippen molar-refractivity contribution in [2.24, 2.45) is 0 Å². The number of phosphoric acid groups is 1. The highest BCUT2D eigenvalue weighted by atomic mass is 31.2. The van der Waals surface area contributed by atoms with Crippen LogP contribution >= 0.6 is 7.82 Å². The van der Waals surface area contributed by atoms with Crippen molar-refractivity contribution in [3.63, 3.8) is 0 Å². The summed E-state index contributed by atoms with van der Waals surface area (Å²) < 4.78 is 39.6. The number of hydrogen-bond donors (Lipinski definition) is 0. The zero-order chi connectivity index (χ0) is 41.9. The first-order valence-electron chi connectivity index (χ1n) is 22.5. The van der Waals surface area contributed by atoms with E-state index < -0.39 is 32.5 Å². The van der Waals surface area contributed by atoms with Crippen molar-refractivity contribution in [3.05, 3.63) is 48.6 Å². The maximum absolute atomic E-state index is 12.7. The minimum Gasteiger partial charge on any atom is -0.756 e. The van der Waals surface area contributed by atoms with Gasteiger partial charge in [0.25, 0.3) is 7.82 Å². The highest BCUT2D eigenvalue weighted by Gasteiger charge is 2.36. The molecule has 10 nitrogen and oxygen atoms in total. The Morgan fingerprint density at radius 1 is 0.649 bits per heavy atom. The van der Waals surface area contributed by atoms with Crippen LogP contribution in [0.3, 0.4) is 0 Å². The molecule has 1 saturated heterocycles. The molecule has 57 heavy (non-hydrogen) atoms. The predicted octanol–water partition coefficient (Wildman–Crippen LogP) is 11.0. The van der Waals surface area contributed by atoms with Gasteiger partial charge in [-0.05, 0) is 70.6 Å². The van der Waals surface area contributed by atoms with E-state index in [0.29, 0.717) is 42.5 Å². The van der Waals surface area contributed by atoms with Crippen molar-refractivity contribution >= 4 is 19.8 Å². The SMILES string of the molecule is CCCCCCCC/C=C\CCCCCCCC(=O)OC[C@H](COP(=O)([O-])OCC[N+](C)(C)C)OC(=O)CCC/C=C\C/C=C\C/C=C\CC1OC1CCCCC. The second-order valence-electron chi connectivity index (χ2n) is 16.4. The summed E-state index contributed by atoms with van der Waals surface area (Å²) in [5.74, 6) is -0.917. The molecule has 1 fully saturated rings. The van der Waals surface area contributed by atoms with Gasteiger partial charge in [0.05, 0.1) is 40.0 Å². The second-order valence-corrected chi connectivity index (χ2v) is 17.9. The van der Waals surface area contributed by atoms with E-state index >= 15 is 0 Å². The van der Waals surface area contributed by atoms with Crippen LogP contribution in [0.25, 0.3) is 0 Å². The zero-order valence-corrected chi connectivity index (χ0v) is 37.6. The third-order valence-corrected chi connectivity index (χ3v) is 10.7. The lowest BCUT2D eigenvalue weighted by Gasteiger charge is -2.28. The number of carbonyl (C=O) groups is 2. The first kappa shape index (κ1) is 52.9. The van der Waals surface area contributed by atoms with E-state index in [0.717, 1.165) is 51.4 Å². The molecule has 3 unspecified atom stereocenters. The van der Waals surface area contributed by atoms with Gasteiger partial charge in [0.1, 0.15) is 19.8 Å². The summed E-state index contributed by atoms with van der Waals surface area (Å²) in [6.45, 7) is 4.10. The fourth-order valence-electron chi connectivity index (χ4n) is 6.09. The van der Waals surface area contributed by atoms with Crippen LogP contribution < -0.4 is 4.89 Å². The Kier molecular flexibility index (Phi) is 32.3. The average molecular weight is 824 g/mol. The number of ether oxygens (including phenoxy) is 3. The molecule has 0 aromatic carbocycles. The highest BCUT2D eigenvalue weighted by Crippen LogP contribution is 2.38. The molecule has 4 atom stereocenters. The van der Waals surface area contributed by atoms with Gasteiger partial charge in [-0.3, -0.25) is 14.2 Å². The van der Waals surface area contributed by atoms with Gasteiger partial charge in [0, 0.05) is 12.8 Å². The van der Waals surface area contributed by atoms with Gasteiger partial charge in [0.15, 0.2) is 6.10 Å². The molecule has 0 amide bonds. The van der Waals surface area contributed by atoms with Gasteiger partial charge in [-0.15, -0.1) is 0 Å². The fraction of sp³-hybridized carbons (Fsp3) is 0.783. The van der Waals surface area contributed by atoms with Crippen LogP contribution in [-0.2, 0) is 37.4 Å². The Morgan fingerprint density at radius 3 is 1.86 bits per heavy atom. The maximum Gasteiger partial charge on any atom is 0.306 e. The summed E-state index contributed by atoms with van der Waals surface area (Å²) in [6.07, 6.45) is 41.7. The standard InChI is InChI=1S/C46H82NO9P/c1-6-8-10-11-12-13-14-15-16-17-18-22-25-28-32-36-45(48)52-40-42(41-54-57(50,51)53-39-38-47(3,4)5)55-46(49)37-33-29-26-23-20-19-21-24-27-31-35-44-43(56-44)34-30-9-7-2/h15-16,19,21,23,26-27,31,42-44H,6-14,17-18,20,22,24-25,28-30,32-41H2,1-5H3/b16-15-,21-19-,26-23-,31-27-/t42-,43?,44?/m1/s1. The summed E-state index contributed by atoms with van der Waals surface area (Å²) >= 11 is 0. The first-order valence-corrected chi connectivity index (χ1v) is 23.9. The Balaban J connectivity index is 2.32. The minimum atomic E-state index is -4.65. The molecule has 0 aliphatic carbocycles. The van der Waals surface area contributed by atoms with Crippen LogP contribution in [0.2, 0.25) is 0 Å². The predicted molar refractivity (Wildman–Crippen MR) is 231 cm³/mol. The third-order valence-electron chi connectivity index (χ3n) is 9.75. The van der Waals surface area contributed by atoms with Gasteiger partial charge in [0.2, 0.25) is 0 Å². The van der Waals surface area contributed by atoms with Crippen LogP contribution in [-0.4, -0.2) is 82.2 Å². The Bertz CT molecular complexity index is 1180. The number of unbranched alkanes of at least 4 members (excludes halogenated alkanes) is 14. The molecule has 0 saturated carbocycles. The van der Waals surface area contributed by atoms with Crippen molar-refractivity contribution in [2.75, 3.05) is 47.5 Å². The van der Waals surface area contributed by atoms with E-state index in [9.17, 15) is 19.0 Å². The van der Waals surface area contributed by atoms with E-state index in [1.165, 1.54) is 70.6 Å². The van der Waals surface area contributed by atoms with E-state index in [4.69, 9.17) is 23.3 Å².